The van der Waals surface area contributed by atoms with Gasteiger partial charge in [-0.25, -0.2) is 0 Å². The third-order valence-electron chi connectivity index (χ3n) is 3.67. The lowest BCUT2D eigenvalue weighted by atomic mass is 9.89. The van der Waals surface area contributed by atoms with Crippen LogP contribution in [0.1, 0.15) is 26.2 Å². The molecule has 0 radical (unpaired) electrons. The average Bonchev–Trinajstić information content (AvgIpc) is 2.60. The van der Waals surface area contributed by atoms with Crippen LogP contribution in [0.3, 0.4) is 0 Å². The van der Waals surface area contributed by atoms with Gasteiger partial charge in [0.15, 0.2) is 0 Å². The summed E-state index contributed by atoms with van der Waals surface area (Å²) in [6, 6.07) is 0.339. The molecule has 4 heteroatoms. The van der Waals surface area contributed by atoms with E-state index in [-0.39, 0.29) is 9.83 Å². The number of hydrogen-bond acceptors (Lipinski definition) is 3. The number of fused-ring (bicyclic) bond motifs is 1. The van der Waals surface area contributed by atoms with E-state index in [0.717, 1.165) is 12.3 Å². The Balaban J connectivity index is 2.00. The van der Waals surface area contributed by atoms with Crippen molar-refractivity contribution in [1.82, 2.24) is 10.2 Å². The molecule has 1 saturated heterocycles. The topological polar surface area (TPSA) is 32.3 Å². The summed E-state index contributed by atoms with van der Waals surface area (Å²) >= 11 is 1.87. The van der Waals surface area contributed by atoms with Crippen molar-refractivity contribution in [3.8, 4) is 0 Å². The molecule has 0 bridgehead atoms. The average molecular weight is 334 g/mol. The molecular formula is C12H19IN2O. The molecule has 1 aliphatic heterocycles. The first kappa shape index (κ1) is 12.4. The molecule has 3 nitrogen and oxygen atoms in total. The molecule has 3 unspecified atom stereocenters. The van der Waals surface area contributed by atoms with Crippen LogP contribution >= 0.6 is 22.6 Å². The minimum absolute atomic E-state index is 0.0364. The van der Waals surface area contributed by atoms with Crippen LogP contribution in [0.5, 0.6) is 0 Å². The van der Waals surface area contributed by atoms with E-state index in [0.29, 0.717) is 6.04 Å². The first-order valence-corrected chi connectivity index (χ1v) is 7.04. The number of hydrogen-bond donors (Lipinski definition) is 1. The van der Waals surface area contributed by atoms with Crippen LogP contribution in [-0.4, -0.2) is 34.4 Å². The Bertz CT molecular complexity index is 316. The van der Waals surface area contributed by atoms with Gasteiger partial charge in [-0.1, -0.05) is 0 Å². The van der Waals surface area contributed by atoms with Gasteiger partial charge in [-0.2, -0.15) is 0 Å². The molecule has 0 amide bonds. The molecule has 0 spiro atoms. The number of allylic oxidation sites excluding steroid dienone is 1. The summed E-state index contributed by atoms with van der Waals surface area (Å²) in [7, 11) is 2.17. The van der Waals surface area contributed by atoms with Crippen LogP contribution in [-0.2, 0) is 4.79 Å². The maximum absolute atomic E-state index is 11.2. The molecule has 1 fully saturated rings. The van der Waals surface area contributed by atoms with Crippen molar-refractivity contribution in [2.24, 2.45) is 5.92 Å². The van der Waals surface area contributed by atoms with Crippen LogP contribution < -0.4 is 5.32 Å². The molecule has 1 aliphatic carbocycles. The Morgan fingerprint density at radius 1 is 1.56 bits per heavy atom. The van der Waals surface area contributed by atoms with E-state index < -0.39 is 0 Å². The van der Waals surface area contributed by atoms with Crippen LogP contribution in [0.25, 0.3) is 0 Å². The van der Waals surface area contributed by atoms with Crippen molar-refractivity contribution in [3.63, 3.8) is 0 Å². The molecule has 0 aromatic carbocycles. The lowest BCUT2D eigenvalue weighted by Gasteiger charge is -2.28. The lowest BCUT2D eigenvalue weighted by Crippen LogP contribution is -2.40. The van der Waals surface area contributed by atoms with Gasteiger partial charge in [0.2, 0.25) is 3.79 Å². The van der Waals surface area contributed by atoms with Gasteiger partial charge in [-0.05, 0) is 32.3 Å². The first-order valence-electron chi connectivity index (χ1n) is 5.96. The zero-order chi connectivity index (χ0) is 11.7. The van der Waals surface area contributed by atoms with Crippen LogP contribution in [0.2, 0.25) is 0 Å². The van der Waals surface area contributed by atoms with Gasteiger partial charge < -0.3 is 10.2 Å². The Hall–Kier alpha value is -0.100. The first-order chi connectivity index (χ1) is 7.58. The minimum atomic E-state index is -0.0364. The Morgan fingerprint density at radius 3 is 3.00 bits per heavy atom. The fourth-order valence-electron chi connectivity index (χ4n) is 2.68. The maximum atomic E-state index is 11.2. The molecule has 0 aromatic heterocycles. The second-order valence-electron chi connectivity index (χ2n) is 4.87. The molecule has 3 atom stereocenters. The summed E-state index contributed by atoms with van der Waals surface area (Å²) in [6.45, 7) is 3.13. The van der Waals surface area contributed by atoms with Crippen LogP contribution in [0, 0.1) is 5.92 Å². The van der Waals surface area contributed by atoms with E-state index in [1.807, 2.05) is 29.5 Å². The summed E-state index contributed by atoms with van der Waals surface area (Å²) in [5.74, 6) is 0.772. The fraction of sp³-hybridized carbons (Fsp3) is 0.750. The molecule has 1 heterocycles. The van der Waals surface area contributed by atoms with E-state index in [1.54, 1.807) is 0 Å². The number of likely N-dealkylation sites (tertiary alicyclic amines) is 1. The largest absolute Gasteiger partial charge is 0.378 e. The summed E-state index contributed by atoms with van der Waals surface area (Å²) in [5.41, 5.74) is 1.48. The van der Waals surface area contributed by atoms with Crippen molar-refractivity contribution in [2.45, 2.75) is 38.3 Å². The van der Waals surface area contributed by atoms with Crippen molar-refractivity contribution in [3.05, 3.63) is 11.8 Å². The monoisotopic (exact) mass is 334 g/mol. The molecule has 0 aromatic rings. The smallest absolute Gasteiger partial charge is 0.208 e. The number of nitrogens with zero attached hydrogens (tertiary/aromatic N) is 1. The van der Waals surface area contributed by atoms with Gasteiger partial charge in [0, 0.05) is 53.8 Å². The highest BCUT2D eigenvalue weighted by atomic mass is 127. The molecule has 2 rings (SSSR count). The molecule has 1 N–H and O–H groups in total. The van der Waals surface area contributed by atoms with Gasteiger partial charge in [0.25, 0.3) is 0 Å². The molecular weight excluding hydrogens is 315 g/mol. The van der Waals surface area contributed by atoms with Crippen LogP contribution in [0.15, 0.2) is 11.8 Å². The molecule has 2 aliphatic rings. The van der Waals surface area contributed by atoms with E-state index >= 15 is 0 Å². The lowest BCUT2D eigenvalue weighted by molar-refractivity contribution is -0.111. The minimum Gasteiger partial charge on any atom is -0.378 e. The van der Waals surface area contributed by atoms with Crippen molar-refractivity contribution < 1.29 is 4.79 Å². The van der Waals surface area contributed by atoms with Gasteiger partial charge >= 0.3 is 0 Å². The van der Waals surface area contributed by atoms with Crippen LogP contribution in [0.4, 0.5) is 0 Å². The second-order valence-corrected chi connectivity index (χ2v) is 5.94. The predicted octanol–water partition coefficient (Wildman–Crippen LogP) is 1.92. The van der Waals surface area contributed by atoms with Gasteiger partial charge in [0.1, 0.15) is 0 Å². The predicted molar refractivity (Wildman–Crippen MR) is 73.5 cm³/mol. The normalized spacial score (nSPS) is 30.9. The number of carbonyl (C=O) groups is 1. The van der Waals surface area contributed by atoms with Gasteiger partial charge in [-0.3, -0.25) is 4.79 Å². The highest BCUT2D eigenvalue weighted by Gasteiger charge is 2.30. The quantitative estimate of drug-likeness (QED) is 0.632. The number of halogens is 1. The fourth-order valence-corrected chi connectivity index (χ4v) is 2.86. The number of carbonyl (C=O) groups excluding carboxylic acids is 1. The van der Waals surface area contributed by atoms with Crippen molar-refractivity contribution >= 4 is 26.4 Å². The Kier molecular flexibility index (Phi) is 3.89. The van der Waals surface area contributed by atoms with E-state index in [2.05, 4.69) is 23.3 Å². The van der Waals surface area contributed by atoms with Gasteiger partial charge in [0.05, 0.1) is 6.04 Å². The second kappa shape index (κ2) is 5.04. The van der Waals surface area contributed by atoms with Gasteiger partial charge in [-0.15, -0.1) is 0 Å². The van der Waals surface area contributed by atoms with E-state index in [4.69, 9.17) is 0 Å². The summed E-state index contributed by atoms with van der Waals surface area (Å²) in [6.07, 6.45) is 6.05. The maximum Gasteiger partial charge on any atom is 0.208 e. The van der Waals surface area contributed by atoms with E-state index in [9.17, 15) is 4.79 Å². The third-order valence-corrected chi connectivity index (χ3v) is 4.61. The number of nitrogens with one attached hydrogen (secondary N) is 1. The zero-order valence-corrected chi connectivity index (χ0v) is 12.0. The Morgan fingerprint density at radius 2 is 2.31 bits per heavy atom. The number of rotatable bonds is 3. The third kappa shape index (κ3) is 2.59. The summed E-state index contributed by atoms with van der Waals surface area (Å²) in [4.78, 5) is 13.6. The highest BCUT2D eigenvalue weighted by molar-refractivity contribution is 14.1. The standard InChI is InChI=1S/C12H19IN2O/c1-8(12(13)16)14-10-4-3-9-5-6-15(2)11(9)7-10/h7-10,14H,3-6H2,1-2H3. The zero-order valence-electron chi connectivity index (χ0n) is 9.87. The van der Waals surface area contributed by atoms with Crippen molar-refractivity contribution in [1.29, 1.82) is 0 Å². The Labute approximate surface area is 111 Å². The molecule has 90 valence electrons. The molecule has 0 saturated carbocycles. The highest BCUT2D eigenvalue weighted by Crippen LogP contribution is 2.34. The summed E-state index contributed by atoms with van der Waals surface area (Å²) < 4.78 is 0.193. The van der Waals surface area contributed by atoms with E-state index in [1.165, 1.54) is 25.1 Å². The van der Waals surface area contributed by atoms with Crippen molar-refractivity contribution in [2.75, 3.05) is 13.6 Å². The SMILES string of the molecule is CC(NC1C=C2C(CC1)CCN2C)C(=O)I. The molecule has 16 heavy (non-hydrogen) atoms. The summed E-state index contributed by atoms with van der Waals surface area (Å²) in [5, 5.41) is 3.39.